The molecule has 1 aliphatic rings. The lowest BCUT2D eigenvalue weighted by Crippen LogP contribution is -2.09. The standard InChI is InChI=1S/C13H16ClF/c1-8-3-4-10(7-13(8)15)11-5-6-12(14)9(11)2/h3-4,7,9,11-12H,5-6H2,1-2H3. The Morgan fingerprint density at radius 3 is 2.60 bits per heavy atom. The maximum Gasteiger partial charge on any atom is 0.126 e. The zero-order valence-corrected chi connectivity index (χ0v) is 9.89. The lowest BCUT2D eigenvalue weighted by atomic mass is 9.89. The normalized spacial score (nSPS) is 30.8. The van der Waals surface area contributed by atoms with Crippen molar-refractivity contribution >= 4 is 11.6 Å². The molecule has 0 aliphatic heterocycles. The molecule has 0 N–H and O–H groups in total. The van der Waals surface area contributed by atoms with E-state index in [2.05, 4.69) is 6.92 Å². The van der Waals surface area contributed by atoms with E-state index in [-0.39, 0.29) is 11.2 Å². The van der Waals surface area contributed by atoms with Crippen molar-refractivity contribution in [2.45, 2.75) is 38.0 Å². The Morgan fingerprint density at radius 1 is 1.33 bits per heavy atom. The minimum atomic E-state index is -0.0993. The maximum absolute atomic E-state index is 13.4. The van der Waals surface area contributed by atoms with E-state index in [1.54, 1.807) is 13.0 Å². The second-order valence-electron chi connectivity index (χ2n) is 4.57. The van der Waals surface area contributed by atoms with Crippen LogP contribution in [0.4, 0.5) is 4.39 Å². The van der Waals surface area contributed by atoms with Crippen LogP contribution >= 0.6 is 11.6 Å². The van der Waals surface area contributed by atoms with Crippen LogP contribution in [-0.2, 0) is 0 Å². The minimum Gasteiger partial charge on any atom is -0.207 e. The molecule has 3 unspecified atom stereocenters. The van der Waals surface area contributed by atoms with E-state index < -0.39 is 0 Å². The molecule has 1 saturated carbocycles. The molecular formula is C13H16ClF. The molecule has 0 radical (unpaired) electrons. The first-order chi connectivity index (χ1) is 7.09. The third kappa shape index (κ3) is 2.03. The number of hydrogen-bond donors (Lipinski definition) is 0. The lowest BCUT2D eigenvalue weighted by molar-refractivity contribution is 0.531. The topological polar surface area (TPSA) is 0 Å². The minimum absolute atomic E-state index is 0.0993. The van der Waals surface area contributed by atoms with E-state index in [4.69, 9.17) is 11.6 Å². The van der Waals surface area contributed by atoms with Crippen molar-refractivity contribution in [2.24, 2.45) is 5.92 Å². The molecule has 0 nitrogen and oxygen atoms in total. The van der Waals surface area contributed by atoms with Gasteiger partial charge in [-0.25, -0.2) is 4.39 Å². The molecule has 0 heterocycles. The molecule has 0 aromatic heterocycles. The van der Waals surface area contributed by atoms with Crippen LogP contribution in [0.5, 0.6) is 0 Å². The smallest absolute Gasteiger partial charge is 0.126 e. The summed E-state index contributed by atoms with van der Waals surface area (Å²) in [5.74, 6) is 0.786. The van der Waals surface area contributed by atoms with Gasteiger partial charge in [-0.1, -0.05) is 19.1 Å². The third-order valence-electron chi connectivity index (χ3n) is 3.58. The zero-order valence-electron chi connectivity index (χ0n) is 9.13. The fourth-order valence-electron chi connectivity index (χ4n) is 2.43. The second kappa shape index (κ2) is 4.13. The number of aryl methyl sites for hydroxylation is 1. The van der Waals surface area contributed by atoms with Gasteiger partial charge in [0.1, 0.15) is 5.82 Å². The van der Waals surface area contributed by atoms with Crippen LogP contribution in [0.2, 0.25) is 0 Å². The fourth-order valence-corrected chi connectivity index (χ4v) is 2.73. The average Bonchev–Trinajstić information content (AvgIpc) is 2.53. The Balaban J connectivity index is 2.26. The van der Waals surface area contributed by atoms with Crippen molar-refractivity contribution < 1.29 is 4.39 Å². The van der Waals surface area contributed by atoms with Gasteiger partial charge >= 0.3 is 0 Å². The first-order valence-electron chi connectivity index (χ1n) is 5.49. The summed E-state index contributed by atoms with van der Waals surface area (Å²) in [6.45, 7) is 3.95. The molecule has 1 aromatic carbocycles. The van der Waals surface area contributed by atoms with Crippen molar-refractivity contribution in [2.75, 3.05) is 0 Å². The van der Waals surface area contributed by atoms with Crippen molar-refractivity contribution in [1.82, 2.24) is 0 Å². The molecule has 1 aliphatic carbocycles. The number of alkyl halides is 1. The van der Waals surface area contributed by atoms with Gasteiger partial charge in [-0.3, -0.25) is 0 Å². The highest BCUT2D eigenvalue weighted by Crippen LogP contribution is 2.42. The van der Waals surface area contributed by atoms with Gasteiger partial charge in [0, 0.05) is 5.38 Å². The number of benzene rings is 1. The van der Waals surface area contributed by atoms with Crippen LogP contribution < -0.4 is 0 Å². The zero-order chi connectivity index (χ0) is 11.0. The SMILES string of the molecule is Cc1ccc(C2CCC(Cl)C2C)cc1F. The van der Waals surface area contributed by atoms with E-state index >= 15 is 0 Å². The molecule has 1 aromatic rings. The van der Waals surface area contributed by atoms with Crippen molar-refractivity contribution in [3.05, 3.63) is 35.1 Å². The molecule has 15 heavy (non-hydrogen) atoms. The Hall–Kier alpha value is -0.560. The summed E-state index contributed by atoms with van der Waals surface area (Å²) in [7, 11) is 0. The summed E-state index contributed by atoms with van der Waals surface area (Å²) >= 11 is 6.18. The molecule has 0 spiro atoms. The van der Waals surface area contributed by atoms with Gasteiger partial charge in [0.25, 0.3) is 0 Å². The number of rotatable bonds is 1. The molecule has 2 heteroatoms. The highest BCUT2D eigenvalue weighted by molar-refractivity contribution is 6.21. The molecule has 2 rings (SSSR count). The van der Waals surface area contributed by atoms with Gasteiger partial charge in [0.15, 0.2) is 0 Å². The van der Waals surface area contributed by atoms with Crippen molar-refractivity contribution in [3.63, 3.8) is 0 Å². The van der Waals surface area contributed by atoms with Crippen LogP contribution in [0.3, 0.4) is 0 Å². The van der Waals surface area contributed by atoms with E-state index in [0.717, 1.165) is 18.4 Å². The first kappa shape index (κ1) is 10.9. The Kier molecular flexibility index (Phi) is 3.01. The van der Waals surface area contributed by atoms with Crippen LogP contribution in [-0.4, -0.2) is 5.38 Å². The monoisotopic (exact) mass is 226 g/mol. The summed E-state index contributed by atoms with van der Waals surface area (Å²) in [5.41, 5.74) is 1.82. The van der Waals surface area contributed by atoms with Crippen molar-refractivity contribution in [3.8, 4) is 0 Å². The predicted molar refractivity (Wildman–Crippen MR) is 61.9 cm³/mol. The van der Waals surface area contributed by atoms with Gasteiger partial charge in [0.05, 0.1) is 0 Å². The predicted octanol–water partition coefficient (Wildman–Crippen LogP) is 4.26. The van der Waals surface area contributed by atoms with Crippen LogP contribution in [0, 0.1) is 18.7 Å². The first-order valence-corrected chi connectivity index (χ1v) is 5.93. The molecule has 0 bridgehead atoms. The largest absolute Gasteiger partial charge is 0.207 e. The van der Waals surface area contributed by atoms with Gasteiger partial charge in [-0.05, 0) is 48.8 Å². The fraction of sp³-hybridized carbons (Fsp3) is 0.538. The summed E-state index contributed by atoms with van der Waals surface area (Å²) < 4.78 is 13.4. The van der Waals surface area contributed by atoms with Crippen LogP contribution in [0.25, 0.3) is 0 Å². The highest BCUT2D eigenvalue weighted by atomic mass is 35.5. The molecule has 0 amide bonds. The Morgan fingerprint density at radius 2 is 2.07 bits per heavy atom. The van der Waals surface area contributed by atoms with Crippen LogP contribution in [0.1, 0.15) is 36.8 Å². The molecule has 82 valence electrons. The van der Waals surface area contributed by atoms with E-state index in [1.807, 2.05) is 12.1 Å². The third-order valence-corrected chi connectivity index (χ3v) is 4.20. The summed E-state index contributed by atoms with van der Waals surface area (Å²) in [6, 6.07) is 5.57. The number of halogens is 2. The summed E-state index contributed by atoms with van der Waals surface area (Å²) in [6.07, 6.45) is 2.13. The van der Waals surface area contributed by atoms with E-state index in [1.165, 1.54) is 0 Å². The summed E-state index contributed by atoms with van der Waals surface area (Å²) in [4.78, 5) is 0. The van der Waals surface area contributed by atoms with E-state index in [0.29, 0.717) is 17.4 Å². The maximum atomic E-state index is 13.4. The van der Waals surface area contributed by atoms with Gasteiger partial charge in [-0.15, -0.1) is 11.6 Å². The molecule has 3 atom stereocenters. The van der Waals surface area contributed by atoms with Crippen molar-refractivity contribution in [1.29, 1.82) is 0 Å². The quantitative estimate of drug-likeness (QED) is 0.628. The number of hydrogen-bond acceptors (Lipinski definition) is 0. The molecule has 0 saturated heterocycles. The Bertz CT molecular complexity index is 362. The van der Waals surface area contributed by atoms with Gasteiger partial charge in [-0.2, -0.15) is 0 Å². The van der Waals surface area contributed by atoms with Crippen LogP contribution in [0.15, 0.2) is 18.2 Å². The lowest BCUT2D eigenvalue weighted by Gasteiger charge is -2.17. The second-order valence-corrected chi connectivity index (χ2v) is 5.13. The summed E-state index contributed by atoms with van der Waals surface area (Å²) in [5, 5.41) is 0.249. The van der Waals surface area contributed by atoms with Gasteiger partial charge in [0.2, 0.25) is 0 Å². The molecule has 1 fully saturated rings. The molecular weight excluding hydrogens is 211 g/mol. The van der Waals surface area contributed by atoms with Gasteiger partial charge < -0.3 is 0 Å². The average molecular weight is 227 g/mol. The highest BCUT2D eigenvalue weighted by Gasteiger charge is 2.32. The van der Waals surface area contributed by atoms with E-state index in [9.17, 15) is 4.39 Å². The Labute approximate surface area is 95.4 Å².